The first-order valence-corrected chi connectivity index (χ1v) is 4.73. The third-order valence-electron chi connectivity index (χ3n) is 2.59. The summed E-state index contributed by atoms with van der Waals surface area (Å²) in [4.78, 5) is 0. The van der Waals surface area contributed by atoms with Crippen molar-refractivity contribution in [3.05, 3.63) is 60.7 Å². The molecule has 3 rings (SSSR count). The van der Waals surface area contributed by atoms with Crippen LogP contribution in [-0.4, -0.2) is 0 Å². The maximum absolute atomic E-state index is 3.13. The lowest BCUT2D eigenvalue weighted by Crippen LogP contribution is -1.75. The molecule has 14 heavy (non-hydrogen) atoms. The summed E-state index contributed by atoms with van der Waals surface area (Å²) in [6.45, 7) is 0. The summed E-state index contributed by atoms with van der Waals surface area (Å²) in [5, 5.41) is 5.16. The topological polar surface area (TPSA) is 0 Å². The Bertz CT molecular complexity index is 539. The van der Waals surface area contributed by atoms with Crippen LogP contribution in [0.1, 0.15) is 0 Å². The first-order chi connectivity index (χ1) is 6.95. The van der Waals surface area contributed by atoms with Gasteiger partial charge in [-0.25, -0.2) is 0 Å². The summed E-state index contributed by atoms with van der Waals surface area (Å²) in [5.74, 6) is 0. The molecule has 0 spiro atoms. The van der Waals surface area contributed by atoms with Crippen LogP contribution in [0.25, 0.3) is 21.5 Å². The van der Waals surface area contributed by atoms with E-state index in [1.165, 1.54) is 21.5 Å². The summed E-state index contributed by atoms with van der Waals surface area (Å²) in [5.41, 5.74) is 0. The number of fused-ring (bicyclic) bond motifs is 3. The molecule has 0 fully saturated rings. The second-order valence-corrected chi connectivity index (χ2v) is 3.43. The van der Waals surface area contributed by atoms with Gasteiger partial charge in [-0.15, -0.1) is 0 Å². The summed E-state index contributed by atoms with van der Waals surface area (Å²) in [6, 6.07) is 22.0. The van der Waals surface area contributed by atoms with Gasteiger partial charge in [-0.3, -0.25) is 0 Å². The van der Waals surface area contributed by atoms with Gasteiger partial charge in [0.05, 0.1) is 0 Å². The van der Waals surface area contributed by atoms with E-state index < -0.39 is 0 Å². The number of benzene rings is 3. The zero-order valence-corrected chi connectivity index (χ0v) is 7.70. The minimum Gasteiger partial charge on any atom is -0.0616 e. The van der Waals surface area contributed by atoms with Crippen LogP contribution in [0, 0.1) is 6.07 Å². The molecule has 0 saturated carbocycles. The van der Waals surface area contributed by atoms with Gasteiger partial charge < -0.3 is 0 Å². The van der Waals surface area contributed by atoms with E-state index in [9.17, 15) is 0 Å². The lowest BCUT2D eigenvalue weighted by Gasteiger charge is -2.02. The molecule has 0 atom stereocenters. The Kier molecular flexibility index (Phi) is 1.54. The zero-order chi connectivity index (χ0) is 9.38. The Hall–Kier alpha value is -1.82. The second kappa shape index (κ2) is 2.85. The SMILES string of the molecule is [c]1ccc2ccc3ccccc3c2c1. The molecule has 0 nitrogen and oxygen atoms in total. The highest BCUT2D eigenvalue weighted by molar-refractivity contribution is 6.07. The normalized spacial score (nSPS) is 10.9. The molecule has 0 unspecified atom stereocenters. The van der Waals surface area contributed by atoms with Crippen LogP contribution in [0.5, 0.6) is 0 Å². The molecule has 1 radical (unpaired) electrons. The van der Waals surface area contributed by atoms with Crippen molar-refractivity contribution in [3.8, 4) is 0 Å². The molecule has 3 aromatic carbocycles. The van der Waals surface area contributed by atoms with Gasteiger partial charge >= 0.3 is 0 Å². The second-order valence-electron chi connectivity index (χ2n) is 3.43. The predicted octanol–water partition coefficient (Wildman–Crippen LogP) is 3.79. The molecule has 0 aromatic heterocycles. The van der Waals surface area contributed by atoms with Gasteiger partial charge in [0.1, 0.15) is 0 Å². The highest BCUT2D eigenvalue weighted by Gasteiger charge is 1.97. The van der Waals surface area contributed by atoms with E-state index in [0.29, 0.717) is 0 Å². The van der Waals surface area contributed by atoms with Crippen LogP contribution >= 0.6 is 0 Å². The molecular weight excluding hydrogens is 168 g/mol. The fraction of sp³-hybridized carbons (Fsp3) is 0. The third kappa shape index (κ3) is 1.01. The molecule has 0 aliphatic rings. The number of rotatable bonds is 0. The predicted molar refractivity (Wildman–Crippen MR) is 60.3 cm³/mol. The quantitative estimate of drug-likeness (QED) is 0.458. The van der Waals surface area contributed by atoms with Gasteiger partial charge in [0.25, 0.3) is 0 Å². The fourth-order valence-electron chi connectivity index (χ4n) is 1.89. The first kappa shape index (κ1) is 7.57. The minimum absolute atomic E-state index is 1.28. The first-order valence-electron chi connectivity index (χ1n) is 4.73. The zero-order valence-electron chi connectivity index (χ0n) is 7.70. The molecule has 0 amide bonds. The molecule has 0 bridgehead atoms. The van der Waals surface area contributed by atoms with E-state index in [4.69, 9.17) is 0 Å². The number of hydrogen-bond donors (Lipinski definition) is 0. The van der Waals surface area contributed by atoms with Crippen molar-refractivity contribution in [3.63, 3.8) is 0 Å². The Morgan fingerprint density at radius 2 is 1.50 bits per heavy atom. The van der Waals surface area contributed by atoms with Crippen LogP contribution in [0.4, 0.5) is 0 Å². The van der Waals surface area contributed by atoms with Crippen LogP contribution in [0.3, 0.4) is 0 Å². The lowest BCUT2D eigenvalue weighted by atomic mass is 10.0. The number of hydrogen-bond acceptors (Lipinski definition) is 0. The monoisotopic (exact) mass is 177 g/mol. The van der Waals surface area contributed by atoms with E-state index in [0.717, 1.165) is 0 Å². The van der Waals surface area contributed by atoms with Crippen LogP contribution in [0.15, 0.2) is 54.6 Å². The minimum atomic E-state index is 1.28. The average molecular weight is 177 g/mol. The van der Waals surface area contributed by atoms with Gasteiger partial charge in [-0.1, -0.05) is 48.5 Å². The molecule has 0 heteroatoms. The maximum Gasteiger partial charge on any atom is -0.00992 e. The van der Waals surface area contributed by atoms with E-state index in [1.807, 2.05) is 6.07 Å². The molecule has 0 aliphatic heterocycles. The van der Waals surface area contributed by atoms with Crippen molar-refractivity contribution in [1.82, 2.24) is 0 Å². The largest absolute Gasteiger partial charge is 0.0616 e. The third-order valence-corrected chi connectivity index (χ3v) is 2.59. The van der Waals surface area contributed by atoms with Gasteiger partial charge in [-0.2, -0.15) is 0 Å². The van der Waals surface area contributed by atoms with E-state index in [-0.39, 0.29) is 0 Å². The Labute approximate surface area is 82.8 Å². The fourth-order valence-corrected chi connectivity index (χ4v) is 1.89. The van der Waals surface area contributed by atoms with E-state index in [2.05, 4.69) is 54.6 Å². The molecule has 0 saturated heterocycles. The molecule has 0 heterocycles. The van der Waals surface area contributed by atoms with Crippen LogP contribution in [-0.2, 0) is 0 Å². The van der Waals surface area contributed by atoms with Gasteiger partial charge in [0.15, 0.2) is 0 Å². The average Bonchev–Trinajstić information content (AvgIpc) is 2.29. The van der Waals surface area contributed by atoms with Crippen molar-refractivity contribution < 1.29 is 0 Å². The molecule has 3 aromatic rings. The molecular formula is C14H9. The van der Waals surface area contributed by atoms with Crippen molar-refractivity contribution in [2.75, 3.05) is 0 Å². The van der Waals surface area contributed by atoms with Gasteiger partial charge in [-0.05, 0) is 33.7 Å². The van der Waals surface area contributed by atoms with Crippen LogP contribution in [0.2, 0.25) is 0 Å². The van der Waals surface area contributed by atoms with Crippen molar-refractivity contribution in [2.24, 2.45) is 0 Å². The van der Waals surface area contributed by atoms with E-state index in [1.54, 1.807) is 0 Å². The highest BCUT2D eigenvalue weighted by atomic mass is 14.0. The van der Waals surface area contributed by atoms with Crippen LogP contribution < -0.4 is 0 Å². The lowest BCUT2D eigenvalue weighted by molar-refractivity contribution is 1.75. The Morgan fingerprint density at radius 3 is 2.43 bits per heavy atom. The Morgan fingerprint density at radius 1 is 0.714 bits per heavy atom. The summed E-state index contributed by atoms with van der Waals surface area (Å²) in [7, 11) is 0. The van der Waals surface area contributed by atoms with Gasteiger partial charge in [0.2, 0.25) is 0 Å². The van der Waals surface area contributed by atoms with Crippen molar-refractivity contribution in [2.45, 2.75) is 0 Å². The molecule has 0 N–H and O–H groups in total. The highest BCUT2D eigenvalue weighted by Crippen LogP contribution is 2.24. The Balaban J connectivity index is 2.61. The standard InChI is InChI=1S/C14H9/c1-3-7-13-11(5-1)9-10-12-6-2-4-8-14(12)13/h1-3,5-10H. The van der Waals surface area contributed by atoms with Crippen molar-refractivity contribution >= 4 is 21.5 Å². The molecule has 0 aliphatic carbocycles. The molecule has 65 valence electrons. The van der Waals surface area contributed by atoms with Gasteiger partial charge in [0, 0.05) is 0 Å². The van der Waals surface area contributed by atoms with Crippen molar-refractivity contribution in [1.29, 1.82) is 0 Å². The summed E-state index contributed by atoms with van der Waals surface area (Å²) < 4.78 is 0. The summed E-state index contributed by atoms with van der Waals surface area (Å²) in [6.07, 6.45) is 0. The maximum atomic E-state index is 3.13. The summed E-state index contributed by atoms with van der Waals surface area (Å²) >= 11 is 0. The smallest absolute Gasteiger partial charge is 0.00992 e. The van der Waals surface area contributed by atoms with E-state index >= 15 is 0 Å².